The molecule has 2 heterocycles. The van der Waals surface area contributed by atoms with Crippen molar-refractivity contribution in [2.75, 3.05) is 26.2 Å². The van der Waals surface area contributed by atoms with Gasteiger partial charge in [0.1, 0.15) is 5.75 Å². The van der Waals surface area contributed by atoms with Gasteiger partial charge in [0.2, 0.25) is 0 Å². The highest BCUT2D eigenvalue weighted by Crippen LogP contribution is 2.41. The molecule has 2 N–H and O–H groups in total. The van der Waals surface area contributed by atoms with Gasteiger partial charge in [-0.25, -0.2) is 0 Å². The summed E-state index contributed by atoms with van der Waals surface area (Å²) in [7, 11) is 0. The predicted molar refractivity (Wildman–Crippen MR) is 118 cm³/mol. The maximum Gasteiger partial charge on any atom is 0.307 e. The summed E-state index contributed by atoms with van der Waals surface area (Å²) < 4.78 is 0. The third kappa shape index (κ3) is 5.07. The van der Waals surface area contributed by atoms with Crippen molar-refractivity contribution in [3.05, 3.63) is 65.2 Å². The molecular formula is C25H30N2O4. The van der Waals surface area contributed by atoms with Gasteiger partial charge >= 0.3 is 5.97 Å². The summed E-state index contributed by atoms with van der Waals surface area (Å²) in [4.78, 5) is 28.5. The SMILES string of the molecule is O=C(O)Cc1ccccc1C(=O)N1CCC2(CCN(Cc3cccc(O)c3)CC2)CC1. The lowest BCUT2D eigenvalue weighted by atomic mass is 9.71. The molecule has 6 nitrogen and oxygen atoms in total. The Hall–Kier alpha value is -2.86. The lowest BCUT2D eigenvalue weighted by Crippen LogP contribution is -2.48. The van der Waals surface area contributed by atoms with Gasteiger partial charge in [0.05, 0.1) is 6.42 Å². The number of carboxylic acids is 1. The fourth-order valence-corrected chi connectivity index (χ4v) is 5.00. The first-order valence-electron chi connectivity index (χ1n) is 11.0. The molecule has 2 aliphatic rings. The summed E-state index contributed by atoms with van der Waals surface area (Å²) in [6, 6.07) is 14.5. The number of carbonyl (C=O) groups excluding carboxylic acids is 1. The molecule has 2 aromatic carbocycles. The number of hydrogen-bond donors (Lipinski definition) is 2. The van der Waals surface area contributed by atoms with Gasteiger partial charge in [0.25, 0.3) is 5.91 Å². The monoisotopic (exact) mass is 422 g/mol. The van der Waals surface area contributed by atoms with E-state index in [2.05, 4.69) is 11.0 Å². The van der Waals surface area contributed by atoms with Crippen molar-refractivity contribution in [1.29, 1.82) is 0 Å². The fraction of sp³-hybridized carbons (Fsp3) is 0.440. The number of piperidine rings is 2. The zero-order valence-electron chi connectivity index (χ0n) is 17.8. The van der Waals surface area contributed by atoms with Gasteiger partial charge in [0.15, 0.2) is 0 Å². The van der Waals surface area contributed by atoms with E-state index in [4.69, 9.17) is 5.11 Å². The minimum absolute atomic E-state index is 0.0481. The number of amides is 1. The van der Waals surface area contributed by atoms with Crippen molar-refractivity contribution in [2.45, 2.75) is 38.6 Å². The van der Waals surface area contributed by atoms with Crippen LogP contribution in [0, 0.1) is 5.41 Å². The van der Waals surface area contributed by atoms with Crippen molar-refractivity contribution >= 4 is 11.9 Å². The minimum Gasteiger partial charge on any atom is -0.508 e. The quantitative estimate of drug-likeness (QED) is 0.770. The van der Waals surface area contributed by atoms with Gasteiger partial charge in [-0.2, -0.15) is 0 Å². The van der Waals surface area contributed by atoms with Crippen LogP contribution in [0.5, 0.6) is 5.75 Å². The smallest absolute Gasteiger partial charge is 0.307 e. The van der Waals surface area contributed by atoms with E-state index >= 15 is 0 Å². The minimum atomic E-state index is -0.921. The molecule has 2 aliphatic heterocycles. The number of aromatic hydroxyl groups is 1. The van der Waals surface area contributed by atoms with Gasteiger partial charge in [-0.1, -0.05) is 30.3 Å². The van der Waals surface area contributed by atoms with Crippen LogP contribution in [0.15, 0.2) is 48.5 Å². The van der Waals surface area contributed by atoms with Crippen LogP contribution in [0.25, 0.3) is 0 Å². The second kappa shape index (κ2) is 9.10. The number of phenols is 1. The molecule has 0 unspecified atom stereocenters. The van der Waals surface area contributed by atoms with Crippen LogP contribution in [-0.4, -0.2) is 58.1 Å². The molecule has 0 bridgehead atoms. The molecule has 0 aliphatic carbocycles. The highest BCUT2D eigenvalue weighted by Gasteiger charge is 2.38. The van der Waals surface area contributed by atoms with Crippen molar-refractivity contribution in [1.82, 2.24) is 9.80 Å². The van der Waals surface area contributed by atoms with Crippen LogP contribution < -0.4 is 0 Å². The molecule has 2 fully saturated rings. The number of carboxylic acid groups (broad SMARTS) is 1. The summed E-state index contributed by atoms with van der Waals surface area (Å²) in [6.07, 6.45) is 4.13. The van der Waals surface area contributed by atoms with Crippen LogP contribution in [0.4, 0.5) is 0 Å². The van der Waals surface area contributed by atoms with Crippen molar-refractivity contribution < 1.29 is 19.8 Å². The van der Waals surface area contributed by atoms with Crippen molar-refractivity contribution in [3.8, 4) is 5.75 Å². The Morgan fingerprint density at radius 1 is 0.903 bits per heavy atom. The number of rotatable bonds is 5. The van der Waals surface area contributed by atoms with E-state index in [1.54, 1.807) is 30.3 Å². The van der Waals surface area contributed by atoms with E-state index in [-0.39, 0.29) is 12.3 Å². The van der Waals surface area contributed by atoms with Gasteiger partial charge < -0.3 is 15.1 Å². The summed E-state index contributed by atoms with van der Waals surface area (Å²) in [5.74, 6) is -0.656. The number of nitrogens with zero attached hydrogens (tertiary/aromatic N) is 2. The molecule has 0 aromatic heterocycles. The Kier molecular flexibility index (Phi) is 6.28. The van der Waals surface area contributed by atoms with E-state index in [1.165, 1.54) is 0 Å². The molecule has 31 heavy (non-hydrogen) atoms. The second-order valence-corrected chi connectivity index (χ2v) is 8.97. The summed E-state index contributed by atoms with van der Waals surface area (Å²) in [5.41, 5.74) is 2.53. The highest BCUT2D eigenvalue weighted by molar-refractivity contribution is 5.96. The number of likely N-dealkylation sites (tertiary alicyclic amines) is 2. The van der Waals surface area contributed by atoms with E-state index in [0.29, 0.717) is 22.3 Å². The Balaban J connectivity index is 1.32. The molecule has 6 heteroatoms. The molecule has 0 saturated carbocycles. The number of hydrogen-bond acceptors (Lipinski definition) is 4. The molecule has 1 spiro atoms. The molecule has 1 amide bonds. The molecule has 2 saturated heterocycles. The zero-order chi connectivity index (χ0) is 21.8. The summed E-state index contributed by atoms with van der Waals surface area (Å²) >= 11 is 0. The average Bonchev–Trinajstić information content (AvgIpc) is 2.76. The Bertz CT molecular complexity index is 940. The lowest BCUT2D eigenvalue weighted by Gasteiger charge is -2.47. The van der Waals surface area contributed by atoms with Crippen LogP contribution in [-0.2, 0) is 17.8 Å². The zero-order valence-corrected chi connectivity index (χ0v) is 17.8. The van der Waals surface area contributed by atoms with Crippen LogP contribution in [0.2, 0.25) is 0 Å². The molecule has 0 radical (unpaired) electrons. The van der Waals surface area contributed by atoms with E-state index in [1.807, 2.05) is 17.0 Å². The molecule has 0 atom stereocenters. The normalized spacial score (nSPS) is 18.8. The Morgan fingerprint density at radius 3 is 2.26 bits per heavy atom. The van der Waals surface area contributed by atoms with Crippen LogP contribution in [0.1, 0.15) is 47.2 Å². The second-order valence-electron chi connectivity index (χ2n) is 8.97. The standard InChI is InChI=1S/C25H30N2O4/c28-21-6-3-4-19(16-21)18-26-12-8-25(9-13-26)10-14-27(15-11-25)24(31)22-7-2-1-5-20(22)17-23(29)30/h1-7,16,28H,8-15,17-18H2,(H,29,30). The molecular weight excluding hydrogens is 392 g/mol. The first kappa shape index (κ1) is 21.4. The van der Waals surface area contributed by atoms with E-state index in [9.17, 15) is 14.7 Å². The molecule has 2 aromatic rings. The van der Waals surface area contributed by atoms with Gasteiger partial charge in [0, 0.05) is 25.2 Å². The molecule has 164 valence electrons. The van der Waals surface area contributed by atoms with Crippen molar-refractivity contribution in [3.63, 3.8) is 0 Å². The van der Waals surface area contributed by atoms with Crippen LogP contribution >= 0.6 is 0 Å². The van der Waals surface area contributed by atoms with Crippen molar-refractivity contribution in [2.24, 2.45) is 5.41 Å². The van der Waals surface area contributed by atoms with Gasteiger partial charge in [-0.15, -0.1) is 0 Å². The van der Waals surface area contributed by atoms with Crippen LogP contribution in [0.3, 0.4) is 0 Å². The van der Waals surface area contributed by atoms with Gasteiger partial charge in [-0.05, 0) is 73.5 Å². The van der Waals surface area contributed by atoms with E-state index in [0.717, 1.165) is 64.0 Å². The average molecular weight is 423 g/mol. The summed E-state index contributed by atoms with van der Waals surface area (Å²) in [5, 5.41) is 18.8. The first-order chi connectivity index (χ1) is 14.9. The Labute approximate surface area is 183 Å². The maximum atomic E-state index is 13.1. The van der Waals surface area contributed by atoms with E-state index < -0.39 is 5.97 Å². The largest absolute Gasteiger partial charge is 0.508 e. The predicted octanol–water partition coefficient (Wildman–Crippen LogP) is 3.54. The molecule has 4 rings (SSSR count). The maximum absolute atomic E-state index is 13.1. The number of aliphatic carboxylic acids is 1. The van der Waals surface area contributed by atoms with Gasteiger partial charge in [-0.3, -0.25) is 14.5 Å². The fourth-order valence-electron chi connectivity index (χ4n) is 5.00. The highest BCUT2D eigenvalue weighted by atomic mass is 16.4. The Morgan fingerprint density at radius 2 is 1.58 bits per heavy atom. The third-order valence-corrected chi connectivity index (χ3v) is 6.93. The number of carbonyl (C=O) groups is 2. The lowest BCUT2D eigenvalue weighted by molar-refractivity contribution is -0.136. The number of phenolic OH excluding ortho intramolecular Hbond substituents is 1. The number of benzene rings is 2. The first-order valence-corrected chi connectivity index (χ1v) is 11.0. The topological polar surface area (TPSA) is 81.1 Å². The third-order valence-electron chi connectivity index (χ3n) is 6.93. The summed E-state index contributed by atoms with van der Waals surface area (Å²) in [6.45, 7) is 4.38.